The van der Waals surface area contributed by atoms with E-state index in [0.717, 1.165) is 24.8 Å². The summed E-state index contributed by atoms with van der Waals surface area (Å²) in [7, 11) is 1.29. The van der Waals surface area contributed by atoms with Crippen LogP contribution in [-0.2, 0) is 14.3 Å². The second-order valence-corrected chi connectivity index (χ2v) is 2.80. The normalized spacial score (nSPS) is 15.6. The molecule has 3 heteroatoms. The molecule has 0 bridgehead atoms. The third-order valence-corrected chi connectivity index (χ3v) is 1.93. The predicted molar refractivity (Wildman–Crippen MR) is 43.6 cm³/mol. The van der Waals surface area contributed by atoms with Gasteiger partial charge in [0.2, 0.25) is 0 Å². The number of rotatable bonds is 3. The average molecular weight is 168 g/mol. The van der Waals surface area contributed by atoms with Crippen LogP contribution in [0.25, 0.3) is 0 Å². The van der Waals surface area contributed by atoms with Crippen molar-refractivity contribution in [3.8, 4) is 0 Å². The van der Waals surface area contributed by atoms with Crippen molar-refractivity contribution in [3.63, 3.8) is 0 Å². The van der Waals surface area contributed by atoms with E-state index in [9.17, 15) is 9.59 Å². The number of hydrogen-bond acceptors (Lipinski definition) is 3. The van der Waals surface area contributed by atoms with Gasteiger partial charge in [0, 0.05) is 0 Å². The Morgan fingerprint density at radius 3 is 2.83 bits per heavy atom. The van der Waals surface area contributed by atoms with Gasteiger partial charge in [-0.15, -0.1) is 0 Å². The zero-order chi connectivity index (χ0) is 8.97. The Labute approximate surface area is 71.4 Å². The monoisotopic (exact) mass is 168 g/mol. The first-order valence-electron chi connectivity index (χ1n) is 4.03. The summed E-state index contributed by atoms with van der Waals surface area (Å²) in [5, 5.41) is 0. The maximum Gasteiger partial charge on any atom is 0.313 e. The molecule has 0 heterocycles. The lowest BCUT2D eigenvalue weighted by molar-refractivity contribution is -0.142. The van der Waals surface area contributed by atoms with Gasteiger partial charge >= 0.3 is 5.97 Å². The lowest BCUT2D eigenvalue weighted by atomic mass is 10.1. The van der Waals surface area contributed by atoms with Gasteiger partial charge in [-0.3, -0.25) is 9.59 Å². The van der Waals surface area contributed by atoms with Crippen LogP contribution in [-0.4, -0.2) is 18.9 Å². The van der Waals surface area contributed by atoms with Crippen molar-refractivity contribution < 1.29 is 14.3 Å². The van der Waals surface area contributed by atoms with Crippen LogP contribution in [0.3, 0.4) is 0 Å². The Hall–Kier alpha value is -1.12. The van der Waals surface area contributed by atoms with E-state index in [1.807, 2.05) is 6.08 Å². The quantitative estimate of drug-likeness (QED) is 0.470. The summed E-state index contributed by atoms with van der Waals surface area (Å²) < 4.78 is 4.39. The molecule has 0 N–H and O–H groups in total. The van der Waals surface area contributed by atoms with Crippen LogP contribution < -0.4 is 0 Å². The molecular weight excluding hydrogens is 156 g/mol. The summed E-state index contributed by atoms with van der Waals surface area (Å²) in [5.41, 5.74) is 0.792. The molecule has 1 rings (SSSR count). The molecule has 0 radical (unpaired) electrons. The first kappa shape index (κ1) is 8.97. The van der Waals surface area contributed by atoms with Crippen LogP contribution in [0.5, 0.6) is 0 Å². The third kappa shape index (κ3) is 2.19. The van der Waals surface area contributed by atoms with Gasteiger partial charge in [0.15, 0.2) is 5.78 Å². The summed E-state index contributed by atoms with van der Waals surface area (Å²) in [6, 6.07) is 0. The molecule has 12 heavy (non-hydrogen) atoms. The smallest absolute Gasteiger partial charge is 0.313 e. The molecule has 0 aliphatic heterocycles. The van der Waals surface area contributed by atoms with Gasteiger partial charge in [0.05, 0.1) is 7.11 Å². The maximum atomic E-state index is 11.2. The average Bonchev–Trinajstić information content (AvgIpc) is 2.56. The zero-order valence-corrected chi connectivity index (χ0v) is 7.13. The van der Waals surface area contributed by atoms with Crippen molar-refractivity contribution in [1.29, 1.82) is 0 Å². The van der Waals surface area contributed by atoms with Gasteiger partial charge in [-0.05, 0) is 24.8 Å². The van der Waals surface area contributed by atoms with Gasteiger partial charge in [0.25, 0.3) is 0 Å². The number of esters is 1. The van der Waals surface area contributed by atoms with Gasteiger partial charge in [-0.25, -0.2) is 0 Å². The van der Waals surface area contributed by atoms with Crippen LogP contribution in [0.1, 0.15) is 25.7 Å². The minimum Gasteiger partial charge on any atom is -0.469 e. The minimum atomic E-state index is -0.451. The molecule has 1 aliphatic carbocycles. The number of ether oxygens (including phenoxy) is 1. The van der Waals surface area contributed by atoms with Crippen molar-refractivity contribution in [1.82, 2.24) is 0 Å². The molecule has 0 aromatic rings. The fourth-order valence-corrected chi connectivity index (χ4v) is 1.24. The number of allylic oxidation sites excluding steroid dienone is 2. The number of methoxy groups -OCH3 is 1. The fraction of sp³-hybridized carbons (Fsp3) is 0.556. The molecule has 66 valence electrons. The van der Waals surface area contributed by atoms with E-state index in [-0.39, 0.29) is 12.2 Å². The fourth-order valence-electron chi connectivity index (χ4n) is 1.24. The molecule has 0 unspecified atom stereocenters. The highest BCUT2D eigenvalue weighted by Gasteiger charge is 2.16. The van der Waals surface area contributed by atoms with Gasteiger partial charge in [-0.2, -0.15) is 0 Å². The van der Waals surface area contributed by atoms with Crippen LogP contribution in [0.15, 0.2) is 11.6 Å². The van der Waals surface area contributed by atoms with Crippen LogP contribution in [0.2, 0.25) is 0 Å². The Morgan fingerprint density at radius 1 is 1.58 bits per heavy atom. The molecule has 3 nitrogen and oxygen atoms in total. The van der Waals surface area contributed by atoms with Crippen molar-refractivity contribution in [3.05, 3.63) is 11.6 Å². The Morgan fingerprint density at radius 2 is 2.33 bits per heavy atom. The highest BCUT2D eigenvalue weighted by atomic mass is 16.5. The second-order valence-electron chi connectivity index (χ2n) is 2.80. The third-order valence-electron chi connectivity index (χ3n) is 1.93. The van der Waals surface area contributed by atoms with Crippen molar-refractivity contribution in [2.75, 3.05) is 7.11 Å². The first-order valence-corrected chi connectivity index (χ1v) is 4.03. The van der Waals surface area contributed by atoms with E-state index < -0.39 is 5.97 Å². The van der Waals surface area contributed by atoms with E-state index >= 15 is 0 Å². The molecule has 0 aromatic carbocycles. The molecule has 0 amide bonds. The summed E-state index contributed by atoms with van der Waals surface area (Å²) in [5.74, 6) is -0.535. The van der Waals surface area contributed by atoms with Gasteiger partial charge in [0.1, 0.15) is 6.42 Å². The van der Waals surface area contributed by atoms with Gasteiger partial charge < -0.3 is 4.74 Å². The summed E-state index contributed by atoms with van der Waals surface area (Å²) in [6.07, 6.45) is 4.61. The van der Waals surface area contributed by atoms with Crippen molar-refractivity contribution in [2.45, 2.75) is 25.7 Å². The largest absolute Gasteiger partial charge is 0.469 e. The molecule has 0 spiro atoms. The highest BCUT2D eigenvalue weighted by Crippen LogP contribution is 2.19. The van der Waals surface area contributed by atoms with Crippen molar-refractivity contribution >= 4 is 11.8 Å². The highest BCUT2D eigenvalue weighted by molar-refractivity contribution is 6.05. The molecule has 1 aliphatic rings. The zero-order valence-electron chi connectivity index (χ0n) is 7.13. The number of hydrogen-bond donors (Lipinski definition) is 0. The summed E-state index contributed by atoms with van der Waals surface area (Å²) >= 11 is 0. The summed E-state index contributed by atoms with van der Waals surface area (Å²) in [6.45, 7) is 0. The van der Waals surface area contributed by atoms with E-state index in [0.29, 0.717) is 0 Å². The lowest BCUT2D eigenvalue weighted by Gasteiger charge is -1.98. The molecular formula is C9H12O3. The predicted octanol–water partition coefficient (Wildman–Crippen LogP) is 1.23. The maximum absolute atomic E-state index is 11.2. The minimum absolute atomic E-state index is 0.0839. The number of carbonyl (C=O) groups excluding carboxylic acids is 2. The van der Waals surface area contributed by atoms with Crippen LogP contribution in [0.4, 0.5) is 0 Å². The molecule has 0 aromatic heterocycles. The number of Topliss-reactive ketones (excluding diaryl/α,β-unsaturated/α-hetero) is 1. The van der Waals surface area contributed by atoms with E-state index in [2.05, 4.69) is 4.74 Å². The Bertz CT molecular complexity index is 228. The van der Waals surface area contributed by atoms with Crippen LogP contribution in [0, 0.1) is 0 Å². The summed E-state index contributed by atoms with van der Waals surface area (Å²) in [4.78, 5) is 22.0. The van der Waals surface area contributed by atoms with E-state index in [4.69, 9.17) is 0 Å². The Balaban J connectivity index is 2.42. The number of carbonyl (C=O) groups is 2. The van der Waals surface area contributed by atoms with E-state index in [1.54, 1.807) is 0 Å². The Kier molecular flexibility index (Phi) is 3.02. The van der Waals surface area contributed by atoms with Crippen LogP contribution >= 0.6 is 0 Å². The second kappa shape index (κ2) is 4.04. The van der Waals surface area contributed by atoms with Gasteiger partial charge in [-0.1, -0.05) is 6.08 Å². The lowest BCUT2D eigenvalue weighted by Crippen LogP contribution is -2.10. The SMILES string of the molecule is COC(=O)CC(=O)C1=CCCC1. The molecule has 0 fully saturated rings. The van der Waals surface area contributed by atoms with Crippen molar-refractivity contribution in [2.24, 2.45) is 0 Å². The van der Waals surface area contributed by atoms with E-state index in [1.165, 1.54) is 7.11 Å². The first-order chi connectivity index (χ1) is 5.74. The topological polar surface area (TPSA) is 43.4 Å². The molecule has 0 atom stereocenters. The molecule has 0 saturated heterocycles. The standard InChI is InChI=1S/C9H12O3/c1-12-9(11)6-8(10)7-4-2-3-5-7/h4H,2-3,5-6H2,1H3. The number of ketones is 1. The molecule has 0 saturated carbocycles.